The van der Waals surface area contributed by atoms with Gasteiger partial charge in [-0.05, 0) is 24.1 Å². The molecule has 5 heteroatoms. The molecular weight excluding hydrogens is 362 g/mol. The third-order valence-corrected chi connectivity index (χ3v) is 5.37. The van der Waals surface area contributed by atoms with E-state index in [1.165, 1.54) is 5.56 Å². The number of nitrogens with one attached hydrogen (secondary N) is 1. The second-order valence-electron chi connectivity index (χ2n) is 7.60. The predicted molar refractivity (Wildman–Crippen MR) is 117 cm³/mol. The fourth-order valence-corrected chi connectivity index (χ4v) is 3.72. The summed E-state index contributed by atoms with van der Waals surface area (Å²) in [6.07, 6.45) is 2.01. The van der Waals surface area contributed by atoms with Crippen molar-refractivity contribution in [1.29, 1.82) is 0 Å². The average molecular weight is 396 g/mol. The van der Waals surface area contributed by atoms with Crippen LogP contribution in [-0.4, -0.2) is 61.6 Å². The van der Waals surface area contributed by atoms with Gasteiger partial charge in [-0.1, -0.05) is 61.9 Å². The number of amides is 1. The second-order valence-corrected chi connectivity index (χ2v) is 7.60. The Bertz CT molecular complexity index is 715. The lowest BCUT2D eigenvalue weighted by Gasteiger charge is -2.34. The molecule has 1 aliphatic heterocycles. The fourth-order valence-electron chi connectivity index (χ4n) is 3.72. The number of para-hydroxylation sites is 1. The maximum absolute atomic E-state index is 12.6. The molecule has 2 aromatic rings. The van der Waals surface area contributed by atoms with Crippen molar-refractivity contribution in [1.82, 2.24) is 15.1 Å². The molecule has 156 valence electrons. The molecule has 0 saturated carbocycles. The van der Waals surface area contributed by atoms with Gasteiger partial charge in [0, 0.05) is 32.7 Å². The van der Waals surface area contributed by atoms with Gasteiger partial charge in [0.2, 0.25) is 5.91 Å². The van der Waals surface area contributed by atoms with E-state index in [-0.39, 0.29) is 11.9 Å². The van der Waals surface area contributed by atoms with Crippen molar-refractivity contribution < 1.29 is 9.53 Å². The van der Waals surface area contributed by atoms with Crippen LogP contribution in [0.5, 0.6) is 5.75 Å². The molecule has 0 bridgehead atoms. The Balaban J connectivity index is 1.36. The maximum Gasteiger partial charge on any atom is 0.234 e. The number of carbonyl (C=O) groups excluding carboxylic acids is 1. The molecule has 1 fully saturated rings. The van der Waals surface area contributed by atoms with Gasteiger partial charge in [0.15, 0.2) is 0 Å². The Morgan fingerprint density at radius 1 is 0.966 bits per heavy atom. The summed E-state index contributed by atoms with van der Waals surface area (Å²) in [4.78, 5) is 17.2. The van der Waals surface area contributed by atoms with E-state index in [1.807, 2.05) is 48.5 Å². The number of rotatable bonds is 10. The van der Waals surface area contributed by atoms with E-state index in [2.05, 4.69) is 34.2 Å². The predicted octanol–water partition coefficient (Wildman–Crippen LogP) is 3.34. The highest BCUT2D eigenvalue weighted by atomic mass is 16.5. The zero-order valence-electron chi connectivity index (χ0n) is 17.4. The fraction of sp³-hybridized carbons (Fsp3) is 0.458. The van der Waals surface area contributed by atoms with Crippen molar-refractivity contribution in [3.63, 3.8) is 0 Å². The van der Waals surface area contributed by atoms with Crippen LogP contribution in [0.15, 0.2) is 60.7 Å². The van der Waals surface area contributed by atoms with Gasteiger partial charge in [0.25, 0.3) is 0 Å². The van der Waals surface area contributed by atoms with Crippen LogP contribution < -0.4 is 10.1 Å². The first kappa shape index (κ1) is 21.3. The Labute approximate surface area is 174 Å². The molecule has 3 rings (SSSR count). The largest absolute Gasteiger partial charge is 0.492 e. The molecule has 5 nitrogen and oxygen atoms in total. The van der Waals surface area contributed by atoms with Crippen molar-refractivity contribution in [3.05, 3.63) is 66.2 Å². The molecule has 1 amide bonds. The lowest BCUT2D eigenvalue weighted by molar-refractivity contribution is -0.123. The number of hydrogen-bond donors (Lipinski definition) is 1. The quantitative estimate of drug-likeness (QED) is 0.670. The summed E-state index contributed by atoms with van der Waals surface area (Å²) in [6, 6.07) is 20.3. The van der Waals surface area contributed by atoms with E-state index in [1.54, 1.807) is 0 Å². The van der Waals surface area contributed by atoms with Gasteiger partial charge in [0.05, 0.1) is 12.6 Å². The molecule has 0 spiro atoms. The van der Waals surface area contributed by atoms with E-state index in [0.717, 1.165) is 51.3 Å². The summed E-state index contributed by atoms with van der Waals surface area (Å²) in [5, 5.41) is 3.23. The standard InChI is InChI=1S/C24H33N3O2/c1-2-9-23(21-10-5-3-6-11-21)25-24(28)20-27-16-14-26(15-17-27)18-19-29-22-12-7-4-8-13-22/h3-8,10-13,23H,2,9,14-20H2,1H3,(H,25,28). The third-order valence-electron chi connectivity index (χ3n) is 5.37. The topological polar surface area (TPSA) is 44.8 Å². The molecule has 1 N–H and O–H groups in total. The average Bonchev–Trinajstić information content (AvgIpc) is 2.76. The molecule has 0 aromatic heterocycles. The monoisotopic (exact) mass is 395 g/mol. The molecule has 0 radical (unpaired) electrons. The van der Waals surface area contributed by atoms with Gasteiger partial charge < -0.3 is 10.1 Å². The molecule has 1 unspecified atom stereocenters. The van der Waals surface area contributed by atoms with Crippen molar-refractivity contribution in [3.8, 4) is 5.75 Å². The molecule has 0 aliphatic carbocycles. The molecule has 1 aliphatic rings. The number of hydrogen-bond acceptors (Lipinski definition) is 4. The SMILES string of the molecule is CCCC(NC(=O)CN1CCN(CCOc2ccccc2)CC1)c1ccccc1. The van der Waals surface area contributed by atoms with Crippen molar-refractivity contribution >= 4 is 5.91 Å². The van der Waals surface area contributed by atoms with Crippen LogP contribution in [0.1, 0.15) is 31.4 Å². The van der Waals surface area contributed by atoms with Crippen LogP contribution in [0.25, 0.3) is 0 Å². The Kier molecular flexibility index (Phi) is 8.53. The van der Waals surface area contributed by atoms with E-state index in [4.69, 9.17) is 4.74 Å². The van der Waals surface area contributed by atoms with Crippen molar-refractivity contribution in [2.45, 2.75) is 25.8 Å². The van der Waals surface area contributed by atoms with Crippen LogP contribution in [-0.2, 0) is 4.79 Å². The Hall–Kier alpha value is -2.37. The maximum atomic E-state index is 12.6. The highest BCUT2D eigenvalue weighted by Gasteiger charge is 2.20. The van der Waals surface area contributed by atoms with Gasteiger partial charge in [-0.15, -0.1) is 0 Å². The summed E-state index contributed by atoms with van der Waals surface area (Å²) in [7, 11) is 0. The van der Waals surface area contributed by atoms with Gasteiger partial charge >= 0.3 is 0 Å². The minimum absolute atomic E-state index is 0.102. The van der Waals surface area contributed by atoms with Crippen molar-refractivity contribution in [2.75, 3.05) is 45.9 Å². The van der Waals surface area contributed by atoms with E-state index >= 15 is 0 Å². The van der Waals surface area contributed by atoms with Crippen LogP contribution in [0.4, 0.5) is 0 Å². The number of nitrogens with zero attached hydrogens (tertiary/aromatic N) is 2. The number of piperazine rings is 1. The molecule has 1 saturated heterocycles. The van der Waals surface area contributed by atoms with E-state index in [0.29, 0.717) is 13.2 Å². The zero-order chi connectivity index (χ0) is 20.3. The van der Waals surface area contributed by atoms with Crippen molar-refractivity contribution in [2.24, 2.45) is 0 Å². The van der Waals surface area contributed by atoms with E-state index in [9.17, 15) is 4.79 Å². The van der Waals surface area contributed by atoms with Crippen LogP contribution in [0, 0.1) is 0 Å². The van der Waals surface area contributed by atoms with Gasteiger partial charge in [-0.2, -0.15) is 0 Å². The van der Waals surface area contributed by atoms with Gasteiger partial charge in [-0.3, -0.25) is 14.6 Å². The van der Waals surface area contributed by atoms with E-state index < -0.39 is 0 Å². The minimum atomic E-state index is 0.102. The molecule has 2 aromatic carbocycles. The van der Waals surface area contributed by atoms with Crippen LogP contribution >= 0.6 is 0 Å². The summed E-state index contributed by atoms with van der Waals surface area (Å²) in [6.45, 7) is 8.03. The Morgan fingerprint density at radius 3 is 2.24 bits per heavy atom. The lowest BCUT2D eigenvalue weighted by Crippen LogP contribution is -2.50. The van der Waals surface area contributed by atoms with Crippen LogP contribution in [0.2, 0.25) is 0 Å². The molecule has 1 atom stereocenters. The number of benzene rings is 2. The number of carbonyl (C=O) groups is 1. The smallest absolute Gasteiger partial charge is 0.234 e. The summed E-state index contributed by atoms with van der Waals surface area (Å²) < 4.78 is 5.79. The number of ether oxygens (including phenoxy) is 1. The zero-order valence-corrected chi connectivity index (χ0v) is 17.4. The van der Waals surface area contributed by atoms with Crippen LogP contribution in [0.3, 0.4) is 0 Å². The molecule has 1 heterocycles. The van der Waals surface area contributed by atoms with Gasteiger partial charge in [-0.25, -0.2) is 0 Å². The first-order valence-corrected chi connectivity index (χ1v) is 10.7. The second kappa shape index (κ2) is 11.6. The summed E-state index contributed by atoms with van der Waals surface area (Å²) in [5.41, 5.74) is 1.19. The van der Waals surface area contributed by atoms with Gasteiger partial charge in [0.1, 0.15) is 12.4 Å². The first-order chi connectivity index (χ1) is 14.2. The normalized spacial score (nSPS) is 16.3. The molecule has 29 heavy (non-hydrogen) atoms. The Morgan fingerprint density at radius 2 is 1.59 bits per heavy atom. The third kappa shape index (κ3) is 7.18. The highest BCUT2D eigenvalue weighted by Crippen LogP contribution is 2.18. The lowest BCUT2D eigenvalue weighted by atomic mass is 10.0. The first-order valence-electron chi connectivity index (χ1n) is 10.7. The summed E-state index contributed by atoms with van der Waals surface area (Å²) >= 11 is 0. The summed E-state index contributed by atoms with van der Waals surface area (Å²) in [5.74, 6) is 1.04. The minimum Gasteiger partial charge on any atom is -0.492 e. The molecular formula is C24H33N3O2. The highest BCUT2D eigenvalue weighted by molar-refractivity contribution is 5.78.